The summed E-state index contributed by atoms with van der Waals surface area (Å²) in [6.45, 7) is 1.78. The first-order valence-electron chi connectivity index (χ1n) is 5.94. The van der Waals surface area contributed by atoms with Crippen molar-refractivity contribution in [3.05, 3.63) is 58.7 Å². The fourth-order valence-corrected chi connectivity index (χ4v) is 2.23. The molecule has 0 N–H and O–H groups in total. The third-order valence-electron chi connectivity index (χ3n) is 3.00. The Labute approximate surface area is 119 Å². The highest BCUT2D eigenvalue weighted by molar-refractivity contribution is 6.34. The lowest BCUT2D eigenvalue weighted by molar-refractivity contribution is 0.627. The van der Waals surface area contributed by atoms with E-state index in [0.29, 0.717) is 5.39 Å². The molecule has 0 aliphatic carbocycles. The first-order chi connectivity index (χ1) is 9.56. The monoisotopic (exact) mass is 290 g/mol. The minimum absolute atomic E-state index is 0.0742. The summed E-state index contributed by atoms with van der Waals surface area (Å²) in [6.07, 6.45) is 0. The summed E-state index contributed by atoms with van der Waals surface area (Å²) < 4.78 is 27.7. The van der Waals surface area contributed by atoms with Gasteiger partial charge < -0.3 is 0 Å². The zero-order valence-electron chi connectivity index (χ0n) is 10.5. The molecule has 20 heavy (non-hydrogen) atoms. The van der Waals surface area contributed by atoms with Crippen molar-refractivity contribution >= 4 is 22.5 Å². The van der Waals surface area contributed by atoms with Gasteiger partial charge in [-0.25, -0.2) is 18.7 Å². The van der Waals surface area contributed by atoms with Crippen LogP contribution in [0.1, 0.15) is 5.56 Å². The molecule has 3 aromatic rings. The van der Waals surface area contributed by atoms with Crippen LogP contribution in [0, 0.1) is 18.6 Å². The zero-order valence-corrected chi connectivity index (χ0v) is 11.2. The van der Waals surface area contributed by atoms with E-state index < -0.39 is 11.6 Å². The largest absolute Gasteiger partial charge is 0.225 e. The third-order valence-corrected chi connectivity index (χ3v) is 3.28. The standard InChI is InChI=1S/C15H9ClF2N2/c1-8-5-6-9(12(18)7-8)15-19-13-10(14(16)20-15)3-2-4-11(13)17/h2-7H,1H3. The van der Waals surface area contributed by atoms with Crippen molar-refractivity contribution < 1.29 is 8.78 Å². The van der Waals surface area contributed by atoms with Crippen molar-refractivity contribution in [1.82, 2.24) is 9.97 Å². The van der Waals surface area contributed by atoms with Gasteiger partial charge in [-0.15, -0.1) is 0 Å². The van der Waals surface area contributed by atoms with Crippen molar-refractivity contribution in [2.45, 2.75) is 6.92 Å². The highest BCUT2D eigenvalue weighted by Crippen LogP contribution is 2.27. The molecule has 0 aliphatic heterocycles. The number of hydrogen-bond donors (Lipinski definition) is 0. The van der Waals surface area contributed by atoms with Gasteiger partial charge in [0.2, 0.25) is 0 Å². The van der Waals surface area contributed by atoms with Crippen molar-refractivity contribution in [3.8, 4) is 11.4 Å². The maximum Gasteiger partial charge on any atom is 0.164 e. The van der Waals surface area contributed by atoms with Crippen LogP contribution in [0.3, 0.4) is 0 Å². The Bertz CT molecular complexity index is 818. The first-order valence-corrected chi connectivity index (χ1v) is 6.32. The number of rotatable bonds is 1. The van der Waals surface area contributed by atoms with Crippen molar-refractivity contribution in [2.75, 3.05) is 0 Å². The molecule has 0 unspecified atom stereocenters. The molecule has 0 saturated heterocycles. The summed E-state index contributed by atoms with van der Waals surface area (Å²) in [5, 5.41) is 0.507. The second-order valence-corrected chi connectivity index (χ2v) is 4.82. The van der Waals surface area contributed by atoms with Crippen LogP contribution < -0.4 is 0 Å². The topological polar surface area (TPSA) is 25.8 Å². The minimum atomic E-state index is -0.513. The molecular weight excluding hydrogens is 282 g/mol. The van der Waals surface area contributed by atoms with E-state index in [0.717, 1.165) is 5.56 Å². The normalized spacial score (nSPS) is 11.0. The highest BCUT2D eigenvalue weighted by Gasteiger charge is 2.13. The maximum absolute atomic E-state index is 14.0. The SMILES string of the molecule is Cc1ccc(-c2nc(Cl)c3cccc(F)c3n2)c(F)c1. The number of halogens is 3. The van der Waals surface area contributed by atoms with Crippen molar-refractivity contribution in [1.29, 1.82) is 0 Å². The summed E-state index contributed by atoms with van der Waals surface area (Å²) in [6, 6.07) is 9.10. The van der Waals surface area contributed by atoms with E-state index in [2.05, 4.69) is 9.97 Å². The van der Waals surface area contributed by atoms with E-state index in [1.807, 2.05) is 0 Å². The fraction of sp³-hybridized carbons (Fsp3) is 0.0667. The van der Waals surface area contributed by atoms with Crippen LogP contribution in [0.5, 0.6) is 0 Å². The number of fused-ring (bicyclic) bond motifs is 1. The summed E-state index contributed by atoms with van der Waals surface area (Å²) in [5.41, 5.74) is 1.06. The average Bonchev–Trinajstić information content (AvgIpc) is 2.40. The Morgan fingerprint density at radius 3 is 2.55 bits per heavy atom. The lowest BCUT2D eigenvalue weighted by Crippen LogP contribution is -1.96. The third kappa shape index (κ3) is 2.12. The molecule has 0 saturated carbocycles. The Morgan fingerprint density at radius 2 is 1.80 bits per heavy atom. The van der Waals surface area contributed by atoms with Crippen LogP contribution in [0.25, 0.3) is 22.3 Å². The molecule has 1 aromatic heterocycles. The lowest BCUT2D eigenvalue weighted by Gasteiger charge is -2.06. The molecule has 5 heteroatoms. The van der Waals surface area contributed by atoms with Crippen LogP contribution in [0.15, 0.2) is 36.4 Å². The maximum atomic E-state index is 14.0. The Morgan fingerprint density at radius 1 is 1.00 bits per heavy atom. The van der Waals surface area contributed by atoms with Gasteiger partial charge in [0.1, 0.15) is 22.3 Å². The van der Waals surface area contributed by atoms with Crippen LogP contribution >= 0.6 is 11.6 Å². The first kappa shape index (κ1) is 12.9. The van der Waals surface area contributed by atoms with E-state index >= 15 is 0 Å². The molecule has 2 nitrogen and oxygen atoms in total. The molecule has 0 amide bonds. The van der Waals surface area contributed by atoms with Crippen LogP contribution in [0.4, 0.5) is 8.78 Å². The Kier molecular flexibility index (Phi) is 3.10. The molecule has 0 fully saturated rings. The van der Waals surface area contributed by atoms with E-state index in [9.17, 15) is 8.78 Å². The molecular formula is C15H9ClF2N2. The molecule has 0 aliphatic rings. The van der Waals surface area contributed by atoms with Gasteiger partial charge in [0.05, 0.1) is 5.56 Å². The van der Waals surface area contributed by atoms with Gasteiger partial charge >= 0.3 is 0 Å². The van der Waals surface area contributed by atoms with E-state index in [1.54, 1.807) is 25.1 Å². The number of nitrogens with zero attached hydrogens (tertiary/aromatic N) is 2. The second-order valence-electron chi connectivity index (χ2n) is 4.46. The molecule has 0 bridgehead atoms. The molecule has 2 aromatic carbocycles. The van der Waals surface area contributed by atoms with Gasteiger partial charge in [-0.3, -0.25) is 0 Å². The van der Waals surface area contributed by atoms with E-state index in [1.165, 1.54) is 18.2 Å². The number of hydrogen-bond acceptors (Lipinski definition) is 2. The van der Waals surface area contributed by atoms with Crippen LogP contribution in [-0.4, -0.2) is 9.97 Å². The van der Waals surface area contributed by atoms with Crippen LogP contribution in [-0.2, 0) is 0 Å². The highest BCUT2D eigenvalue weighted by atomic mass is 35.5. The molecule has 0 spiro atoms. The quantitative estimate of drug-likeness (QED) is 0.615. The van der Waals surface area contributed by atoms with Gasteiger partial charge in [-0.05, 0) is 36.8 Å². The van der Waals surface area contributed by atoms with Gasteiger partial charge in [-0.1, -0.05) is 23.7 Å². The van der Waals surface area contributed by atoms with Crippen molar-refractivity contribution in [3.63, 3.8) is 0 Å². The summed E-state index contributed by atoms with van der Waals surface area (Å²) in [4.78, 5) is 8.14. The molecule has 0 atom stereocenters. The number of aryl methyl sites for hydroxylation is 1. The van der Waals surface area contributed by atoms with Gasteiger partial charge in [0.15, 0.2) is 5.82 Å². The summed E-state index contributed by atoms with van der Waals surface area (Å²) in [5.74, 6) is -0.901. The number of benzene rings is 2. The van der Waals surface area contributed by atoms with Crippen LogP contribution in [0.2, 0.25) is 5.15 Å². The fourth-order valence-electron chi connectivity index (χ4n) is 2.00. The lowest BCUT2D eigenvalue weighted by atomic mass is 10.1. The predicted octanol–water partition coefficient (Wildman–Crippen LogP) is 4.54. The molecule has 100 valence electrons. The van der Waals surface area contributed by atoms with E-state index in [4.69, 9.17) is 11.6 Å². The molecule has 3 rings (SSSR count). The minimum Gasteiger partial charge on any atom is -0.225 e. The second kappa shape index (κ2) is 4.80. The van der Waals surface area contributed by atoms with Gasteiger partial charge in [0, 0.05) is 5.39 Å². The average molecular weight is 291 g/mol. The summed E-state index contributed by atoms with van der Waals surface area (Å²) >= 11 is 6.03. The summed E-state index contributed by atoms with van der Waals surface area (Å²) in [7, 11) is 0. The van der Waals surface area contributed by atoms with Crippen molar-refractivity contribution in [2.24, 2.45) is 0 Å². The van der Waals surface area contributed by atoms with E-state index in [-0.39, 0.29) is 22.1 Å². The van der Waals surface area contributed by atoms with Gasteiger partial charge in [-0.2, -0.15) is 0 Å². The number of aromatic nitrogens is 2. The predicted molar refractivity (Wildman–Crippen MR) is 74.6 cm³/mol. The Balaban J connectivity index is 2.29. The Hall–Kier alpha value is -2.07. The smallest absolute Gasteiger partial charge is 0.164 e. The number of para-hydroxylation sites is 1. The zero-order chi connectivity index (χ0) is 14.3. The molecule has 0 radical (unpaired) electrons. The van der Waals surface area contributed by atoms with Gasteiger partial charge in [0.25, 0.3) is 0 Å². The molecule has 1 heterocycles.